The summed E-state index contributed by atoms with van der Waals surface area (Å²) in [5.74, 6) is -0.709. The third-order valence-electron chi connectivity index (χ3n) is 2.97. The topological polar surface area (TPSA) is 67.4 Å². The highest BCUT2D eigenvalue weighted by atomic mass is 16.5. The van der Waals surface area contributed by atoms with E-state index in [0.29, 0.717) is 13.1 Å². The zero-order valence-corrected chi connectivity index (χ0v) is 11.3. The Morgan fingerprint density at radius 2 is 1.76 bits per heavy atom. The van der Waals surface area contributed by atoms with Gasteiger partial charge in [-0.25, -0.2) is 0 Å². The molecule has 0 unspecified atom stereocenters. The minimum atomic E-state index is -0.442. The van der Waals surface area contributed by atoms with E-state index in [1.807, 2.05) is 0 Å². The van der Waals surface area contributed by atoms with Crippen LogP contribution in [-0.2, 0) is 14.3 Å². The van der Waals surface area contributed by atoms with E-state index in [0.717, 1.165) is 12.8 Å². The van der Waals surface area contributed by atoms with Gasteiger partial charge in [0.25, 0.3) is 5.91 Å². The van der Waals surface area contributed by atoms with Crippen molar-refractivity contribution >= 4 is 11.9 Å². The van der Waals surface area contributed by atoms with Gasteiger partial charge in [-0.3, -0.25) is 9.59 Å². The molecule has 0 fully saturated rings. The van der Waals surface area contributed by atoms with Gasteiger partial charge in [-0.1, -0.05) is 13.8 Å². The van der Waals surface area contributed by atoms with Crippen LogP contribution in [-0.4, -0.2) is 37.1 Å². The summed E-state index contributed by atoms with van der Waals surface area (Å²) in [6.07, 6.45) is 2.09. The average molecular weight is 244 g/mol. The van der Waals surface area contributed by atoms with E-state index in [1.54, 1.807) is 0 Å². The quantitative estimate of drug-likeness (QED) is 0.490. The summed E-state index contributed by atoms with van der Waals surface area (Å²) < 4.78 is 4.57. The van der Waals surface area contributed by atoms with Gasteiger partial charge in [-0.05, 0) is 19.8 Å². The molecular formula is C12H24N2O3. The Morgan fingerprint density at radius 1 is 1.18 bits per heavy atom. The summed E-state index contributed by atoms with van der Waals surface area (Å²) in [6, 6.07) is 0. The summed E-state index contributed by atoms with van der Waals surface area (Å²) in [5, 5.41) is 6.07. The Kier molecular flexibility index (Phi) is 7.54. The Labute approximate surface area is 103 Å². The van der Waals surface area contributed by atoms with Crippen molar-refractivity contribution in [3.63, 3.8) is 0 Å². The lowest BCUT2D eigenvalue weighted by Crippen LogP contribution is -2.45. The van der Waals surface area contributed by atoms with Crippen LogP contribution in [0.15, 0.2) is 0 Å². The maximum absolute atomic E-state index is 11.2. The van der Waals surface area contributed by atoms with Crippen LogP contribution in [0.3, 0.4) is 0 Å². The molecule has 0 saturated heterocycles. The van der Waals surface area contributed by atoms with Crippen molar-refractivity contribution in [2.24, 2.45) is 0 Å². The maximum atomic E-state index is 11.2. The number of amides is 1. The standard InChI is InChI=1S/C12H24N2O3/c1-5-12(4,6-2)14-8-7-13-11(16)9-17-10(3)15/h14H,5-9H2,1-4H3,(H,13,16). The Hall–Kier alpha value is -1.10. The van der Waals surface area contributed by atoms with E-state index in [2.05, 4.69) is 36.1 Å². The van der Waals surface area contributed by atoms with Crippen molar-refractivity contribution in [2.75, 3.05) is 19.7 Å². The van der Waals surface area contributed by atoms with Crippen LogP contribution in [0.1, 0.15) is 40.5 Å². The summed E-state index contributed by atoms with van der Waals surface area (Å²) in [5.41, 5.74) is 0.126. The molecule has 0 spiro atoms. The normalized spacial score (nSPS) is 11.1. The molecule has 0 rings (SSSR count). The number of hydrogen-bond donors (Lipinski definition) is 2. The fraction of sp³-hybridized carbons (Fsp3) is 0.833. The highest BCUT2D eigenvalue weighted by molar-refractivity contribution is 5.79. The predicted molar refractivity (Wildman–Crippen MR) is 66.6 cm³/mol. The lowest BCUT2D eigenvalue weighted by molar-refractivity contribution is -0.146. The van der Waals surface area contributed by atoms with E-state index >= 15 is 0 Å². The first-order valence-corrected chi connectivity index (χ1v) is 6.08. The van der Waals surface area contributed by atoms with Crippen LogP contribution < -0.4 is 10.6 Å². The zero-order valence-electron chi connectivity index (χ0n) is 11.3. The summed E-state index contributed by atoms with van der Waals surface area (Å²) >= 11 is 0. The molecule has 0 aliphatic rings. The van der Waals surface area contributed by atoms with E-state index in [9.17, 15) is 9.59 Å². The van der Waals surface area contributed by atoms with Gasteiger partial charge >= 0.3 is 5.97 Å². The molecule has 0 heterocycles. The monoisotopic (exact) mass is 244 g/mol. The number of nitrogens with one attached hydrogen (secondary N) is 2. The van der Waals surface area contributed by atoms with Gasteiger partial charge < -0.3 is 15.4 Å². The SMILES string of the molecule is CCC(C)(CC)NCCNC(=O)COC(C)=O. The van der Waals surface area contributed by atoms with Crippen LogP contribution in [0.4, 0.5) is 0 Å². The molecule has 0 aromatic heterocycles. The lowest BCUT2D eigenvalue weighted by Gasteiger charge is -2.28. The Balaban J connectivity index is 3.63. The number of hydrogen-bond acceptors (Lipinski definition) is 4. The molecule has 0 aromatic carbocycles. The Bertz CT molecular complexity index is 250. The zero-order chi connectivity index (χ0) is 13.3. The van der Waals surface area contributed by atoms with E-state index in [1.165, 1.54) is 6.92 Å². The van der Waals surface area contributed by atoms with Crippen molar-refractivity contribution < 1.29 is 14.3 Å². The van der Waals surface area contributed by atoms with E-state index in [4.69, 9.17) is 0 Å². The largest absolute Gasteiger partial charge is 0.456 e. The molecule has 0 aromatic rings. The number of carbonyl (C=O) groups excluding carboxylic acids is 2. The van der Waals surface area contributed by atoms with Crippen molar-refractivity contribution in [2.45, 2.75) is 46.1 Å². The van der Waals surface area contributed by atoms with Gasteiger partial charge in [-0.15, -0.1) is 0 Å². The van der Waals surface area contributed by atoms with Gasteiger partial charge in [0, 0.05) is 25.6 Å². The van der Waals surface area contributed by atoms with Crippen molar-refractivity contribution in [1.29, 1.82) is 0 Å². The minimum Gasteiger partial charge on any atom is -0.456 e. The molecular weight excluding hydrogens is 220 g/mol. The fourth-order valence-electron chi connectivity index (χ4n) is 1.28. The van der Waals surface area contributed by atoms with Crippen LogP contribution >= 0.6 is 0 Å². The second-order valence-electron chi connectivity index (χ2n) is 4.32. The molecule has 2 N–H and O–H groups in total. The van der Waals surface area contributed by atoms with Crippen LogP contribution in [0, 0.1) is 0 Å². The maximum Gasteiger partial charge on any atom is 0.303 e. The van der Waals surface area contributed by atoms with Crippen molar-refractivity contribution in [3.05, 3.63) is 0 Å². The molecule has 100 valence electrons. The third kappa shape index (κ3) is 7.74. The highest BCUT2D eigenvalue weighted by Crippen LogP contribution is 2.12. The molecule has 5 heteroatoms. The second kappa shape index (κ2) is 8.06. The summed E-state index contributed by atoms with van der Waals surface area (Å²) in [6.45, 7) is 8.76. The number of esters is 1. The molecule has 0 radical (unpaired) electrons. The summed E-state index contributed by atoms with van der Waals surface area (Å²) in [4.78, 5) is 21.7. The van der Waals surface area contributed by atoms with Gasteiger partial charge in [0.1, 0.15) is 0 Å². The molecule has 0 bridgehead atoms. The first kappa shape index (κ1) is 15.9. The number of ether oxygens (including phenoxy) is 1. The molecule has 5 nitrogen and oxygen atoms in total. The second-order valence-corrected chi connectivity index (χ2v) is 4.32. The van der Waals surface area contributed by atoms with Gasteiger partial charge in [-0.2, -0.15) is 0 Å². The molecule has 17 heavy (non-hydrogen) atoms. The molecule has 0 atom stereocenters. The predicted octanol–water partition coefficient (Wildman–Crippen LogP) is 0.834. The first-order valence-electron chi connectivity index (χ1n) is 6.08. The Morgan fingerprint density at radius 3 is 2.24 bits per heavy atom. The smallest absolute Gasteiger partial charge is 0.303 e. The van der Waals surface area contributed by atoms with Gasteiger partial charge in [0.15, 0.2) is 6.61 Å². The lowest BCUT2D eigenvalue weighted by atomic mass is 9.96. The fourth-order valence-corrected chi connectivity index (χ4v) is 1.28. The van der Waals surface area contributed by atoms with Crippen molar-refractivity contribution in [1.82, 2.24) is 10.6 Å². The van der Waals surface area contributed by atoms with Gasteiger partial charge in [0.05, 0.1) is 0 Å². The van der Waals surface area contributed by atoms with Crippen LogP contribution in [0.25, 0.3) is 0 Å². The van der Waals surface area contributed by atoms with Crippen LogP contribution in [0.2, 0.25) is 0 Å². The molecule has 0 saturated carbocycles. The minimum absolute atomic E-state index is 0.126. The number of rotatable bonds is 8. The van der Waals surface area contributed by atoms with Crippen LogP contribution in [0.5, 0.6) is 0 Å². The molecule has 0 aliphatic carbocycles. The summed E-state index contributed by atoms with van der Waals surface area (Å²) in [7, 11) is 0. The van der Waals surface area contributed by atoms with Crippen molar-refractivity contribution in [3.8, 4) is 0 Å². The van der Waals surface area contributed by atoms with E-state index < -0.39 is 5.97 Å². The number of carbonyl (C=O) groups is 2. The third-order valence-corrected chi connectivity index (χ3v) is 2.97. The molecule has 1 amide bonds. The first-order chi connectivity index (χ1) is 7.93. The highest BCUT2D eigenvalue weighted by Gasteiger charge is 2.17. The molecule has 0 aliphatic heterocycles. The van der Waals surface area contributed by atoms with E-state index in [-0.39, 0.29) is 18.1 Å². The van der Waals surface area contributed by atoms with Gasteiger partial charge in [0.2, 0.25) is 0 Å². The average Bonchev–Trinajstić information content (AvgIpc) is 2.31.